The predicted octanol–water partition coefficient (Wildman–Crippen LogP) is 4.04. The van der Waals surface area contributed by atoms with Crippen molar-refractivity contribution < 1.29 is 19.4 Å². The normalized spacial score (nSPS) is 13.7. The summed E-state index contributed by atoms with van der Waals surface area (Å²) in [7, 11) is 0. The number of benzene rings is 2. The molecule has 3 aromatic rings. The molecule has 1 aliphatic rings. The van der Waals surface area contributed by atoms with Gasteiger partial charge >= 0.3 is 0 Å². The van der Waals surface area contributed by atoms with E-state index in [1.807, 2.05) is 31.2 Å². The molecule has 34 heavy (non-hydrogen) atoms. The van der Waals surface area contributed by atoms with Crippen molar-refractivity contribution >= 4 is 17.5 Å². The minimum Gasteiger partial charge on any atom is -0.487 e. The van der Waals surface area contributed by atoms with E-state index in [2.05, 4.69) is 15.6 Å². The van der Waals surface area contributed by atoms with Crippen molar-refractivity contribution in [1.82, 2.24) is 10.3 Å². The highest BCUT2D eigenvalue weighted by Crippen LogP contribution is 2.22. The number of nitrogens with zero attached hydrogens (tertiary/aromatic N) is 1. The Morgan fingerprint density at radius 1 is 1.03 bits per heavy atom. The minimum absolute atomic E-state index is 0.120. The molecule has 2 aromatic carbocycles. The van der Waals surface area contributed by atoms with Crippen LogP contribution in [0.1, 0.15) is 57.4 Å². The minimum atomic E-state index is -0.450. The molecule has 1 fully saturated rings. The number of hydrogen-bond acceptors (Lipinski definition) is 5. The molecule has 4 rings (SSSR count). The Kier molecular flexibility index (Phi) is 7.23. The third-order valence-corrected chi connectivity index (χ3v) is 5.53. The monoisotopic (exact) mass is 459 g/mol. The number of carbonyl (C=O) groups excluding carboxylic acids is 2. The zero-order valence-electron chi connectivity index (χ0n) is 19.4. The number of aromatic nitrogens is 1. The van der Waals surface area contributed by atoms with Gasteiger partial charge in [-0.05, 0) is 80.8 Å². The topological polar surface area (TPSA) is 101 Å². The Morgan fingerprint density at radius 2 is 1.74 bits per heavy atom. The van der Waals surface area contributed by atoms with Crippen molar-refractivity contribution in [2.45, 2.75) is 51.9 Å². The second-order valence-electron chi connectivity index (χ2n) is 8.72. The molecule has 7 heteroatoms. The van der Waals surface area contributed by atoms with Gasteiger partial charge in [0.1, 0.15) is 12.4 Å². The van der Waals surface area contributed by atoms with Gasteiger partial charge in [-0.25, -0.2) is 0 Å². The molecular weight excluding hydrogens is 430 g/mol. The Hall–Kier alpha value is -3.71. The van der Waals surface area contributed by atoms with E-state index >= 15 is 0 Å². The fourth-order valence-electron chi connectivity index (χ4n) is 3.47. The Balaban J connectivity index is 1.35. The van der Waals surface area contributed by atoms with Gasteiger partial charge in [-0.1, -0.05) is 12.1 Å². The molecule has 176 valence electrons. The van der Waals surface area contributed by atoms with Crippen molar-refractivity contribution in [2.24, 2.45) is 0 Å². The molecule has 1 unspecified atom stereocenters. The number of aliphatic hydroxyl groups is 1. The second-order valence-corrected chi connectivity index (χ2v) is 8.72. The van der Waals surface area contributed by atoms with Gasteiger partial charge in [0.15, 0.2) is 0 Å². The van der Waals surface area contributed by atoms with Crippen molar-refractivity contribution in [3.05, 3.63) is 88.7 Å². The van der Waals surface area contributed by atoms with Crippen molar-refractivity contribution in [3.63, 3.8) is 0 Å². The highest BCUT2D eigenvalue weighted by atomic mass is 16.5. The molecule has 2 amide bonds. The number of aliphatic hydroxyl groups excluding tert-OH is 1. The van der Waals surface area contributed by atoms with Gasteiger partial charge in [0.2, 0.25) is 0 Å². The zero-order chi connectivity index (χ0) is 24.1. The summed E-state index contributed by atoms with van der Waals surface area (Å²) in [4.78, 5) is 29.6. The highest BCUT2D eigenvalue weighted by Gasteiger charge is 2.24. The largest absolute Gasteiger partial charge is 0.487 e. The summed E-state index contributed by atoms with van der Waals surface area (Å²) in [5.41, 5.74) is 4.08. The molecule has 0 bridgehead atoms. The summed E-state index contributed by atoms with van der Waals surface area (Å²) in [5.74, 6) is 0.237. The fourth-order valence-corrected chi connectivity index (χ4v) is 3.47. The first kappa shape index (κ1) is 23.4. The number of ether oxygens (including phenoxy) is 1. The number of pyridine rings is 1. The van der Waals surface area contributed by atoms with Crippen LogP contribution in [0.25, 0.3) is 0 Å². The van der Waals surface area contributed by atoms with Crippen LogP contribution in [0, 0.1) is 6.92 Å². The quantitative estimate of drug-likeness (QED) is 0.448. The number of carbonyl (C=O) groups is 2. The first-order valence-corrected chi connectivity index (χ1v) is 11.5. The van der Waals surface area contributed by atoms with Crippen molar-refractivity contribution in [1.29, 1.82) is 0 Å². The van der Waals surface area contributed by atoms with E-state index in [0.29, 0.717) is 29.0 Å². The zero-order valence-corrected chi connectivity index (χ0v) is 19.4. The molecule has 0 aliphatic heterocycles. The maximum Gasteiger partial charge on any atom is 0.255 e. The van der Waals surface area contributed by atoms with E-state index < -0.39 is 6.10 Å². The number of amides is 2. The van der Waals surface area contributed by atoms with Crippen LogP contribution in [0.4, 0.5) is 5.69 Å². The van der Waals surface area contributed by atoms with E-state index in [1.54, 1.807) is 43.3 Å². The first-order chi connectivity index (χ1) is 16.4. The van der Waals surface area contributed by atoms with Crippen molar-refractivity contribution in [3.8, 4) is 5.75 Å². The third-order valence-electron chi connectivity index (χ3n) is 5.53. The Morgan fingerprint density at radius 3 is 2.44 bits per heavy atom. The van der Waals surface area contributed by atoms with Gasteiger partial charge in [-0.3, -0.25) is 14.6 Å². The molecule has 1 aliphatic carbocycles. The van der Waals surface area contributed by atoms with E-state index in [0.717, 1.165) is 29.8 Å². The molecule has 3 N–H and O–H groups in total. The van der Waals surface area contributed by atoms with Crippen LogP contribution < -0.4 is 15.4 Å². The Bertz CT molecular complexity index is 1170. The maximum atomic E-state index is 12.8. The number of nitrogens with one attached hydrogen (secondary N) is 2. The number of hydrogen-bond donors (Lipinski definition) is 3. The molecule has 1 heterocycles. The average molecular weight is 460 g/mol. The van der Waals surface area contributed by atoms with Gasteiger partial charge in [-0.15, -0.1) is 0 Å². The lowest BCUT2D eigenvalue weighted by molar-refractivity contribution is 0.0949. The standard InChI is InChI=1S/C27H29N3O4/c1-17-6-7-20(27(33)29-21-10-11-21)15-25(17)30-26(32)19-8-12-24(13-9-19)34-16-23-5-3-4-22(28-23)14-18(2)31/h3-9,12-13,15,18,21,31H,10-11,14,16H2,1-2H3,(H,29,33)(H,30,32). The van der Waals surface area contributed by atoms with Crippen LogP contribution in [-0.2, 0) is 13.0 Å². The number of aryl methyl sites for hydroxylation is 1. The van der Waals surface area contributed by atoms with Crippen LogP contribution in [0.15, 0.2) is 60.7 Å². The molecule has 1 atom stereocenters. The number of anilines is 1. The first-order valence-electron chi connectivity index (χ1n) is 11.5. The maximum absolute atomic E-state index is 12.8. The molecule has 1 saturated carbocycles. The van der Waals surface area contributed by atoms with Crippen LogP contribution in [0.3, 0.4) is 0 Å². The average Bonchev–Trinajstić information content (AvgIpc) is 3.63. The van der Waals surface area contributed by atoms with E-state index in [4.69, 9.17) is 4.74 Å². The fraction of sp³-hybridized carbons (Fsp3) is 0.296. The lowest BCUT2D eigenvalue weighted by Crippen LogP contribution is -2.25. The smallest absolute Gasteiger partial charge is 0.255 e. The van der Waals surface area contributed by atoms with Gasteiger partial charge < -0.3 is 20.5 Å². The van der Waals surface area contributed by atoms with Gasteiger partial charge in [-0.2, -0.15) is 0 Å². The van der Waals surface area contributed by atoms with Crippen molar-refractivity contribution in [2.75, 3.05) is 5.32 Å². The van der Waals surface area contributed by atoms with Crippen LogP contribution in [0.5, 0.6) is 5.75 Å². The van der Waals surface area contributed by atoms with Crippen LogP contribution >= 0.6 is 0 Å². The highest BCUT2D eigenvalue weighted by molar-refractivity contribution is 6.05. The lowest BCUT2D eigenvalue weighted by Gasteiger charge is -2.12. The molecule has 0 saturated heterocycles. The van der Waals surface area contributed by atoms with E-state index in [9.17, 15) is 14.7 Å². The Labute approximate surface area is 199 Å². The molecule has 0 radical (unpaired) electrons. The van der Waals surface area contributed by atoms with Gasteiger partial charge in [0, 0.05) is 35.0 Å². The van der Waals surface area contributed by atoms with Crippen LogP contribution in [0.2, 0.25) is 0 Å². The summed E-state index contributed by atoms with van der Waals surface area (Å²) < 4.78 is 5.80. The van der Waals surface area contributed by atoms with Crippen LogP contribution in [-0.4, -0.2) is 34.1 Å². The predicted molar refractivity (Wildman–Crippen MR) is 130 cm³/mol. The SMILES string of the molecule is Cc1ccc(C(=O)NC2CC2)cc1NC(=O)c1ccc(OCc2cccc(CC(C)O)n2)cc1. The molecule has 7 nitrogen and oxygen atoms in total. The molecule has 0 spiro atoms. The van der Waals surface area contributed by atoms with E-state index in [1.165, 1.54) is 0 Å². The summed E-state index contributed by atoms with van der Waals surface area (Å²) in [6.07, 6.45) is 2.08. The summed E-state index contributed by atoms with van der Waals surface area (Å²) in [5, 5.41) is 15.4. The van der Waals surface area contributed by atoms with Gasteiger partial charge in [0.25, 0.3) is 11.8 Å². The summed E-state index contributed by atoms with van der Waals surface area (Å²) in [6.45, 7) is 3.90. The number of rotatable bonds is 9. The van der Waals surface area contributed by atoms with E-state index in [-0.39, 0.29) is 24.5 Å². The summed E-state index contributed by atoms with van der Waals surface area (Å²) in [6, 6.07) is 18.1. The lowest BCUT2D eigenvalue weighted by atomic mass is 10.1. The second kappa shape index (κ2) is 10.5. The van der Waals surface area contributed by atoms with Gasteiger partial charge in [0.05, 0.1) is 11.8 Å². The molecular formula is C27H29N3O4. The summed E-state index contributed by atoms with van der Waals surface area (Å²) >= 11 is 0. The third kappa shape index (κ3) is 6.42. The molecule has 1 aromatic heterocycles.